The molecular formula is C12H19N3O2. The Hall–Kier alpha value is -1.33. The maximum Gasteiger partial charge on any atom is 0.123 e. The third-order valence-corrected chi connectivity index (χ3v) is 2.88. The summed E-state index contributed by atoms with van der Waals surface area (Å²) >= 11 is 0. The molecule has 0 bridgehead atoms. The second kappa shape index (κ2) is 5.33. The molecule has 2 atom stereocenters. The van der Waals surface area contributed by atoms with Gasteiger partial charge in [-0.2, -0.15) is 0 Å². The van der Waals surface area contributed by atoms with Crippen molar-refractivity contribution in [1.82, 2.24) is 4.98 Å². The van der Waals surface area contributed by atoms with Crippen LogP contribution in [-0.2, 0) is 4.74 Å². The van der Waals surface area contributed by atoms with Crippen LogP contribution in [0.5, 0.6) is 0 Å². The minimum atomic E-state index is -0.329. The first-order valence-electron chi connectivity index (χ1n) is 5.91. The van der Waals surface area contributed by atoms with E-state index in [1.807, 2.05) is 6.07 Å². The van der Waals surface area contributed by atoms with Gasteiger partial charge in [-0.3, -0.25) is 0 Å². The van der Waals surface area contributed by atoms with Gasteiger partial charge in [-0.15, -0.1) is 0 Å². The lowest BCUT2D eigenvalue weighted by atomic mass is 10.1. The zero-order valence-electron chi connectivity index (χ0n) is 10.0. The van der Waals surface area contributed by atoms with E-state index in [1.165, 1.54) is 0 Å². The average Bonchev–Trinajstić information content (AvgIpc) is 2.29. The summed E-state index contributed by atoms with van der Waals surface area (Å²) in [5.74, 6) is 0.530. The van der Waals surface area contributed by atoms with Gasteiger partial charge in [-0.1, -0.05) is 0 Å². The Morgan fingerprint density at radius 1 is 1.65 bits per heavy atom. The van der Waals surface area contributed by atoms with E-state index < -0.39 is 0 Å². The number of morpholine rings is 1. The monoisotopic (exact) mass is 237 g/mol. The van der Waals surface area contributed by atoms with E-state index in [-0.39, 0.29) is 12.2 Å². The van der Waals surface area contributed by atoms with E-state index in [0.717, 1.165) is 18.8 Å². The van der Waals surface area contributed by atoms with Crippen molar-refractivity contribution in [1.29, 1.82) is 0 Å². The Kier molecular flexibility index (Phi) is 3.81. The molecule has 5 nitrogen and oxygen atoms in total. The summed E-state index contributed by atoms with van der Waals surface area (Å²) < 4.78 is 5.62. The van der Waals surface area contributed by atoms with Crippen LogP contribution >= 0.6 is 0 Å². The predicted molar refractivity (Wildman–Crippen MR) is 66.9 cm³/mol. The van der Waals surface area contributed by atoms with E-state index in [1.54, 1.807) is 19.2 Å². The highest BCUT2D eigenvalue weighted by atomic mass is 16.5. The topological polar surface area (TPSA) is 71.6 Å². The molecule has 17 heavy (non-hydrogen) atoms. The summed E-state index contributed by atoms with van der Waals surface area (Å²) in [7, 11) is 0. The second-order valence-electron chi connectivity index (χ2n) is 4.46. The zero-order chi connectivity index (χ0) is 12.3. The van der Waals surface area contributed by atoms with E-state index in [9.17, 15) is 5.11 Å². The highest BCUT2D eigenvalue weighted by Gasteiger charge is 2.22. The molecule has 2 heterocycles. The van der Waals surface area contributed by atoms with Crippen molar-refractivity contribution in [2.24, 2.45) is 0 Å². The summed E-state index contributed by atoms with van der Waals surface area (Å²) in [6.45, 7) is 4.10. The van der Waals surface area contributed by atoms with E-state index >= 15 is 0 Å². The number of nitrogens with two attached hydrogens (primary N) is 1. The molecule has 1 aliphatic heterocycles. The molecular weight excluding hydrogens is 218 g/mol. The van der Waals surface area contributed by atoms with Crippen LogP contribution in [0.15, 0.2) is 18.3 Å². The number of aliphatic hydroxyl groups is 1. The van der Waals surface area contributed by atoms with Crippen LogP contribution in [-0.4, -0.2) is 42.0 Å². The van der Waals surface area contributed by atoms with Crippen LogP contribution in [0.2, 0.25) is 0 Å². The lowest BCUT2D eigenvalue weighted by Gasteiger charge is -2.34. The van der Waals surface area contributed by atoms with Gasteiger partial charge >= 0.3 is 0 Å². The molecule has 94 valence electrons. The minimum absolute atomic E-state index is 0.0845. The average molecular weight is 237 g/mol. The molecule has 0 spiro atoms. The molecule has 3 N–H and O–H groups in total. The van der Waals surface area contributed by atoms with Gasteiger partial charge in [0.15, 0.2) is 0 Å². The van der Waals surface area contributed by atoms with Crippen LogP contribution in [0, 0.1) is 0 Å². The fourth-order valence-electron chi connectivity index (χ4n) is 2.06. The van der Waals surface area contributed by atoms with Gasteiger partial charge < -0.3 is 20.5 Å². The number of nitrogen functional groups attached to an aromatic ring is 1. The van der Waals surface area contributed by atoms with E-state index in [0.29, 0.717) is 18.8 Å². The third kappa shape index (κ3) is 3.31. The predicted octanol–water partition coefficient (Wildman–Crippen LogP) is 0.640. The summed E-state index contributed by atoms with van der Waals surface area (Å²) in [5.41, 5.74) is 6.62. The van der Waals surface area contributed by atoms with Crippen LogP contribution in [0.25, 0.3) is 0 Å². The van der Waals surface area contributed by atoms with Crippen LogP contribution in [0.3, 0.4) is 0 Å². The molecule has 1 aromatic heterocycles. The van der Waals surface area contributed by atoms with Gasteiger partial charge in [0.1, 0.15) is 5.82 Å². The Labute approximate surface area is 101 Å². The van der Waals surface area contributed by atoms with Crippen molar-refractivity contribution in [2.45, 2.75) is 25.6 Å². The second-order valence-corrected chi connectivity index (χ2v) is 4.46. The lowest BCUT2D eigenvalue weighted by molar-refractivity contribution is 0.00866. The molecule has 5 heteroatoms. The number of hydrogen-bond donors (Lipinski definition) is 2. The molecule has 0 aromatic carbocycles. The Bertz CT molecular complexity index is 353. The molecule has 0 saturated carbocycles. The quantitative estimate of drug-likeness (QED) is 0.807. The van der Waals surface area contributed by atoms with Gasteiger partial charge in [0.25, 0.3) is 0 Å². The first-order chi connectivity index (χ1) is 8.15. The van der Waals surface area contributed by atoms with E-state index in [4.69, 9.17) is 10.5 Å². The first kappa shape index (κ1) is 12.1. The highest BCUT2D eigenvalue weighted by Crippen LogP contribution is 2.19. The number of ether oxygens (including phenoxy) is 1. The van der Waals surface area contributed by atoms with Crippen LogP contribution in [0.1, 0.15) is 13.3 Å². The minimum Gasteiger partial charge on any atom is -0.393 e. The zero-order valence-corrected chi connectivity index (χ0v) is 10.0. The third-order valence-electron chi connectivity index (χ3n) is 2.88. The maximum atomic E-state index is 9.37. The molecule has 0 aliphatic carbocycles. The van der Waals surface area contributed by atoms with Gasteiger partial charge in [0.2, 0.25) is 0 Å². The Morgan fingerprint density at radius 3 is 3.12 bits per heavy atom. The first-order valence-corrected chi connectivity index (χ1v) is 5.91. The Balaban J connectivity index is 1.99. The number of hydrogen-bond acceptors (Lipinski definition) is 5. The van der Waals surface area contributed by atoms with Gasteiger partial charge in [-0.05, 0) is 19.1 Å². The molecule has 1 saturated heterocycles. The van der Waals surface area contributed by atoms with Crippen molar-refractivity contribution >= 4 is 11.5 Å². The molecule has 1 fully saturated rings. The Morgan fingerprint density at radius 2 is 2.47 bits per heavy atom. The van der Waals surface area contributed by atoms with Crippen molar-refractivity contribution in [2.75, 3.05) is 30.3 Å². The van der Waals surface area contributed by atoms with Crippen molar-refractivity contribution in [3.05, 3.63) is 18.3 Å². The SMILES string of the molecule is CC(O)CC1CN(c2ccc(N)nc2)CCO1. The smallest absolute Gasteiger partial charge is 0.123 e. The summed E-state index contributed by atoms with van der Waals surface area (Å²) in [5, 5.41) is 9.37. The summed E-state index contributed by atoms with van der Waals surface area (Å²) in [6, 6.07) is 3.77. The fourth-order valence-corrected chi connectivity index (χ4v) is 2.06. The highest BCUT2D eigenvalue weighted by molar-refractivity contribution is 5.48. The maximum absolute atomic E-state index is 9.37. The molecule has 1 aliphatic rings. The standard InChI is InChI=1S/C12H19N3O2/c1-9(16)6-11-8-15(4-5-17-11)10-2-3-12(13)14-7-10/h2-3,7,9,11,16H,4-6,8H2,1H3,(H2,13,14). The van der Waals surface area contributed by atoms with Crippen LogP contribution < -0.4 is 10.6 Å². The fraction of sp³-hybridized carbons (Fsp3) is 0.583. The summed E-state index contributed by atoms with van der Waals surface area (Å²) in [6.07, 6.45) is 2.20. The molecule has 2 unspecified atom stereocenters. The van der Waals surface area contributed by atoms with Crippen molar-refractivity contribution in [3.63, 3.8) is 0 Å². The van der Waals surface area contributed by atoms with Gasteiger partial charge in [0.05, 0.1) is 30.7 Å². The molecule has 2 rings (SSSR count). The van der Waals surface area contributed by atoms with Crippen LogP contribution in [0.4, 0.5) is 11.5 Å². The molecule has 1 aromatic rings. The number of anilines is 2. The van der Waals surface area contributed by atoms with Gasteiger partial charge in [0, 0.05) is 19.5 Å². The normalized spacial score (nSPS) is 22.5. The number of nitrogens with zero attached hydrogens (tertiary/aromatic N) is 2. The van der Waals surface area contributed by atoms with E-state index in [2.05, 4.69) is 9.88 Å². The molecule has 0 amide bonds. The number of rotatable bonds is 3. The lowest BCUT2D eigenvalue weighted by Crippen LogP contribution is -2.43. The van der Waals surface area contributed by atoms with Crippen molar-refractivity contribution < 1.29 is 9.84 Å². The van der Waals surface area contributed by atoms with Crippen molar-refractivity contribution in [3.8, 4) is 0 Å². The number of aromatic nitrogens is 1. The largest absolute Gasteiger partial charge is 0.393 e. The molecule has 0 radical (unpaired) electrons. The van der Waals surface area contributed by atoms with Gasteiger partial charge in [-0.25, -0.2) is 4.98 Å². The number of pyridine rings is 1. The number of aliphatic hydroxyl groups excluding tert-OH is 1. The summed E-state index contributed by atoms with van der Waals surface area (Å²) in [4.78, 5) is 6.30.